The second-order valence-electron chi connectivity index (χ2n) is 6.23. The molecule has 1 aromatic carbocycles. The summed E-state index contributed by atoms with van der Waals surface area (Å²) in [6, 6.07) is 7.01. The Morgan fingerprint density at radius 3 is 2.73 bits per heavy atom. The third kappa shape index (κ3) is 2.75. The molecule has 0 radical (unpaired) electrons. The van der Waals surface area contributed by atoms with Gasteiger partial charge in [0.25, 0.3) is 0 Å². The Hall–Kier alpha value is -1.46. The molecule has 2 saturated heterocycles. The average Bonchev–Trinajstić information content (AvgIpc) is 2.81. The fourth-order valence-electron chi connectivity index (χ4n) is 4.07. The molecule has 5 atom stereocenters. The summed E-state index contributed by atoms with van der Waals surface area (Å²) in [7, 11) is 1.55. The van der Waals surface area contributed by atoms with E-state index in [4.69, 9.17) is 4.84 Å². The van der Waals surface area contributed by atoms with Gasteiger partial charge in [0.15, 0.2) is 0 Å². The maximum Gasteiger partial charge on any atom is 0.123 e. The van der Waals surface area contributed by atoms with Crippen molar-refractivity contribution in [3.63, 3.8) is 0 Å². The number of aliphatic hydroxyl groups excluding tert-OH is 1. The lowest BCUT2D eigenvalue weighted by Crippen LogP contribution is -2.50. The molecule has 4 nitrogen and oxygen atoms in total. The van der Waals surface area contributed by atoms with E-state index in [1.165, 1.54) is 12.1 Å². The zero-order valence-electron chi connectivity index (χ0n) is 13.0. The maximum atomic E-state index is 13.2. The van der Waals surface area contributed by atoms with E-state index in [1.54, 1.807) is 7.11 Å². The Bertz CT molecular complexity index is 546. The number of hydrogen-bond donors (Lipinski definition) is 2. The Morgan fingerprint density at radius 1 is 1.36 bits per heavy atom. The summed E-state index contributed by atoms with van der Waals surface area (Å²) >= 11 is 0. The van der Waals surface area contributed by atoms with Gasteiger partial charge in [0.1, 0.15) is 12.9 Å². The van der Waals surface area contributed by atoms with Crippen LogP contribution in [0.4, 0.5) is 4.39 Å². The van der Waals surface area contributed by atoms with Gasteiger partial charge in [0.2, 0.25) is 0 Å². The Labute approximate surface area is 130 Å². The minimum Gasteiger partial charge on any atom is -0.399 e. The fraction of sp³-hybridized carbons (Fsp3) is 0.588. The zero-order chi connectivity index (χ0) is 15.7. The topological polar surface area (TPSA) is 53.9 Å². The van der Waals surface area contributed by atoms with E-state index in [2.05, 4.69) is 10.5 Å². The summed E-state index contributed by atoms with van der Waals surface area (Å²) in [4.78, 5) is 5.01. The molecule has 5 heteroatoms. The van der Waals surface area contributed by atoms with E-state index >= 15 is 0 Å². The van der Waals surface area contributed by atoms with Gasteiger partial charge in [0, 0.05) is 18.0 Å². The smallest absolute Gasteiger partial charge is 0.123 e. The number of oxime groups is 1. The van der Waals surface area contributed by atoms with E-state index in [9.17, 15) is 9.50 Å². The van der Waals surface area contributed by atoms with Crippen LogP contribution in [0.2, 0.25) is 0 Å². The molecule has 22 heavy (non-hydrogen) atoms. The van der Waals surface area contributed by atoms with Crippen LogP contribution in [-0.4, -0.2) is 36.1 Å². The number of aliphatic hydroxyl groups is 1. The van der Waals surface area contributed by atoms with Crippen molar-refractivity contribution in [3.8, 4) is 0 Å². The molecule has 2 N–H and O–H groups in total. The maximum absolute atomic E-state index is 13.2. The molecule has 0 amide bonds. The van der Waals surface area contributed by atoms with Crippen LogP contribution in [0.1, 0.15) is 37.7 Å². The predicted molar refractivity (Wildman–Crippen MR) is 83.3 cm³/mol. The van der Waals surface area contributed by atoms with Crippen molar-refractivity contribution in [2.75, 3.05) is 7.11 Å². The van der Waals surface area contributed by atoms with Crippen LogP contribution in [-0.2, 0) is 4.84 Å². The lowest BCUT2D eigenvalue weighted by Gasteiger charge is -2.38. The molecule has 2 unspecified atom stereocenters. The number of piperidine rings is 1. The van der Waals surface area contributed by atoms with E-state index in [-0.39, 0.29) is 29.8 Å². The first-order chi connectivity index (χ1) is 10.6. The molecular formula is C17H23FN2O2. The standard InChI is InChI=1S/C17H23FN2O2/c1-3-14(20-22-2)16-13(10-4-6-11(18)7-5-10)8-12-9-15(21)17(16)19-12/h4-7,12-13,15-17,19,21H,3,8-9H2,1-2H3/t12?,13-,15?,16+,17-/m0/s1. The summed E-state index contributed by atoms with van der Waals surface area (Å²) < 4.78 is 13.2. The van der Waals surface area contributed by atoms with Crippen LogP contribution in [0.15, 0.2) is 29.4 Å². The zero-order valence-corrected chi connectivity index (χ0v) is 13.0. The molecule has 3 rings (SSSR count). The summed E-state index contributed by atoms with van der Waals surface area (Å²) in [6.07, 6.45) is 2.09. The summed E-state index contributed by atoms with van der Waals surface area (Å²) in [5, 5.41) is 18.1. The molecule has 2 aliphatic heterocycles. The van der Waals surface area contributed by atoms with Crippen LogP contribution in [0.5, 0.6) is 0 Å². The third-order valence-corrected chi connectivity index (χ3v) is 4.98. The molecule has 0 saturated carbocycles. The quantitative estimate of drug-likeness (QED) is 0.663. The van der Waals surface area contributed by atoms with Gasteiger partial charge in [-0.2, -0.15) is 0 Å². The number of nitrogens with one attached hydrogen (secondary N) is 1. The van der Waals surface area contributed by atoms with Gasteiger partial charge in [0.05, 0.1) is 11.8 Å². The van der Waals surface area contributed by atoms with Crippen molar-refractivity contribution in [1.29, 1.82) is 0 Å². The number of nitrogens with zero attached hydrogens (tertiary/aromatic N) is 1. The predicted octanol–water partition coefficient (Wildman–Crippen LogP) is 2.43. The van der Waals surface area contributed by atoms with Crippen LogP contribution in [0.25, 0.3) is 0 Å². The van der Waals surface area contributed by atoms with Gasteiger partial charge in [-0.15, -0.1) is 0 Å². The number of halogens is 1. The normalized spacial score (nSPS) is 34.7. The number of fused-ring (bicyclic) bond motifs is 2. The number of benzene rings is 1. The van der Waals surface area contributed by atoms with Gasteiger partial charge in [-0.3, -0.25) is 0 Å². The molecule has 2 heterocycles. The molecule has 2 fully saturated rings. The number of hydrogen-bond acceptors (Lipinski definition) is 4. The highest BCUT2D eigenvalue weighted by atomic mass is 19.1. The molecule has 0 spiro atoms. The molecule has 2 aliphatic rings. The van der Waals surface area contributed by atoms with E-state index in [1.807, 2.05) is 19.1 Å². The van der Waals surface area contributed by atoms with Crippen molar-refractivity contribution in [3.05, 3.63) is 35.6 Å². The molecule has 0 aromatic heterocycles. The van der Waals surface area contributed by atoms with Gasteiger partial charge >= 0.3 is 0 Å². The molecule has 120 valence electrons. The molecule has 0 aliphatic carbocycles. The van der Waals surface area contributed by atoms with Crippen molar-refractivity contribution >= 4 is 5.71 Å². The Kier molecular flexibility index (Phi) is 4.45. The summed E-state index contributed by atoms with van der Waals surface area (Å²) in [5.74, 6) is 0.0746. The highest BCUT2D eigenvalue weighted by molar-refractivity contribution is 5.88. The van der Waals surface area contributed by atoms with Gasteiger partial charge < -0.3 is 15.3 Å². The first-order valence-corrected chi connectivity index (χ1v) is 7.93. The van der Waals surface area contributed by atoms with Gasteiger partial charge in [-0.1, -0.05) is 24.2 Å². The summed E-state index contributed by atoms with van der Waals surface area (Å²) in [5.41, 5.74) is 2.06. The van der Waals surface area contributed by atoms with E-state index in [0.29, 0.717) is 6.04 Å². The highest BCUT2D eigenvalue weighted by Gasteiger charge is 2.48. The van der Waals surface area contributed by atoms with Gasteiger partial charge in [-0.25, -0.2) is 4.39 Å². The van der Waals surface area contributed by atoms with Crippen LogP contribution in [0.3, 0.4) is 0 Å². The van der Waals surface area contributed by atoms with Crippen LogP contribution in [0, 0.1) is 11.7 Å². The van der Waals surface area contributed by atoms with Gasteiger partial charge in [-0.05, 0) is 42.9 Å². The first kappa shape index (κ1) is 15.4. The van der Waals surface area contributed by atoms with E-state index in [0.717, 1.165) is 30.5 Å². The second kappa shape index (κ2) is 6.34. The lowest BCUT2D eigenvalue weighted by atomic mass is 9.73. The van der Waals surface area contributed by atoms with E-state index < -0.39 is 0 Å². The molecule has 1 aromatic rings. The monoisotopic (exact) mass is 306 g/mol. The second-order valence-corrected chi connectivity index (χ2v) is 6.23. The van der Waals surface area contributed by atoms with Crippen molar-refractivity contribution in [1.82, 2.24) is 5.32 Å². The number of rotatable bonds is 4. The Morgan fingerprint density at radius 2 is 2.09 bits per heavy atom. The van der Waals surface area contributed by atoms with Crippen LogP contribution >= 0.6 is 0 Å². The third-order valence-electron chi connectivity index (χ3n) is 4.98. The minimum atomic E-state index is -0.367. The molecule has 2 bridgehead atoms. The molecular weight excluding hydrogens is 283 g/mol. The van der Waals surface area contributed by atoms with Crippen molar-refractivity contribution < 1.29 is 14.3 Å². The van der Waals surface area contributed by atoms with Crippen molar-refractivity contribution in [2.45, 2.75) is 50.3 Å². The van der Waals surface area contributed by atoms with Crippen LogP contribution < -0.4 is 5.32 Å². The summed E-state index contributed by atoms with van der Waals surface area (Å²) in [6.45, 7) is 2.05. The lowest BCUT2D eigenvalue weighted by molar-refractivity contribution is 0.136. The SMILES string of the molecule is CCC(=NOC)[C@H]1[C@H](c2ccc(F)cc2)CC2CC(O)[C@@H]1N2. The first-order valence-electron chi connectivity index (χ1n) is 7.93. The highest BCUT2D eigenvalue weighted by Crippen LogP contribution is 2.43. The minimum absolute atomic E-state index is 0.0114. The average molecular weight is 306 g/mol. The largest absolute Gasteiger partial charge is 0.399 e. The van der Waals surface area contributed by atoms with Crippen molar-refractivity contribution in [2.24, 2.45) is 11.1 Å². The fourth-order valence-corrected chi connectivity index (χ4v) is 4.07. The Balaban J connectivity index is 1.98.